The Labute approximate surface area is 174 Å². The van der Waals surface area contributed by atoms with E-state index in [1.165, 1.54) is 0 Å². The van der Waals surface area contributed by atoms with Gasteiger partial charge in [-0.05, 0) is 53.8 Å². The van der Waals surface area contributed by atoms with Gasteiger partial charge in [-0.25, -0.2) is 0 Å². The van der Waals surface area contributed by atoms with Gasteiger partial charge in [0.15, 0.2) is 11.5 Å². The van der Waals surface area contributed by atoms with Crippen molar-refractivity contribution in [3.8, 4) is 11.1 Å². The van der Waals surface area contributed by atoms with Crippen LogP contribution < -0.4 is 5.32 Å². The number of pyridine rings is 1. The topological polar surface area (TPSA) is 59.3 Å². The first-order chi connectivity index (χ1) is 14.3. The summed E-state index contributed by atoms with van der Waals surface area (Å²) >= 11 is 1.75. The van der Waals surface area contributed by atoms with E-state index in [4.69, 9.17) is 0 Å². The zero-order valence-electron chi connectivity index (χ0n) is 16.2. The monoisotopic (exact) mass is 402 g/mol. The van der Waals surface area contributed by atoms with Crippen LogP contribution in [-0.4, -0.2) is 32.5 Å². The van der Waals surface area contributed by atoms with Gasteiger partial charge >= 0.3 is 0 Å². The molecule has 4 aromatic rings. The molecule has 2 heterocycles. The lowest BCUT2D eigenvalue weighted by Gasteiger charge is -2.17. The number of thioether (sulfide) groups is 1. The van der Waals surface area contributed by atoms with Crippen molar-refractivity contribution in [3.05, 3.63) is 90.4 Å². The van der Waals surface area contributed by atoms with Crippen LogP contribution in [0.1, 0.15) is 28.6 Å². The smallest absolute Gasteiger partial charge is 0.251 e. The highest BCUT2D eigenvalue weighted by Gasteiger charge is 2.20. The number of amides is 1. The van der Waals surface area contributed by atoms with Gasteiger partial charge < -0.3 is 5.32 Å². The second-order valence-corrected chi connectivity index (χ2v) is 7.72. The summed E-state index contributed by atoms with van der Waals surface area (Å²) in [6, 6.07) is 23.4. The molecule has 0 bridgehead atoms. The highest BCUT2D eigenvalue weighted by molar-refractivity contribution is 7.98. The Morgan fingerprint density at radius 1 is 0.966 bits per heavy atom. The molecule has 0 spiro atoms. The van der Waals surface area contributed by atoms with Crippen molar-refractivity contribution in [2.24, 2.45) is 0 Å². The van der Waals surface area contributed by atoms with E-state index in [0.29, 0.717) is 5.56 Å². The van der Waals surface area contributed by atoms with Crippen molar-refractivity contribution in [1.29, 1.82) is 0 Å². The van der Waals surface area contributed by atoms with Gasteiger partial charge in [-0.3, -0.25) is 9.20 Å². The van der Waals surface area contributed by atoms with Crippen molar-refractivity contribution in [2.75, 3.05) is 12.0 Å². The minimum absolute atomic E-state index is 0.108. The molecule has 0 saturated carbocycles. The van der Waals surface area contributed by atoms with E-state index in [1.54, 1.807) is 11.8 Å². The minimum Gasteiger partial charge on any atom is -0.342 e. The van der Waals surface area contributed by atoms with Gasteiger partial charge in [-0.2, -0.15) is 11.8 Å². The molecule has 0 aliphatic carbocycles. The second kappa shape index (κ2) is 8.92. The largest absolute Gasteiger partial charge is 0.342 e. The molecule has 1 amide bonds. The van der Waals surface area contributed by atoms with Gasteiger partial charge in [0.1, 0.15) is 0 Å². The molecule has 0 aliphatic heterocycles. The number of carbonyl (C=O) groups is 1. The summed E-state index contributed by atoms with van der Waals surface area (Å²) in [6.07, 6.45) is 4.77. The third-order valence-electron chi connectivity index (χ3n) is 4.82. The summed E-state index contributed by atoms with van der Waals surface area (Å²) < 4.78 is 1.93. The quantitative estimate of drug-likeness (QED) is 0.490. The minimum atomic E-state index is -0.207. The molecule has 29 heavy (non-hydrogen) atoms. The van der Waals surface area contributed by atoms with E-state index >= 15 is 0 Å². The molecule has 146 valence electrons. The van der Waals surface area contributed by atoms with E-state index in [9.17, 15) is 4.79 Å². The van der Waals surface area contributed by atoms with Crippen LogP contribution in [0.5, 0.6) is 0 Å². The van der Waals surface area contributed by atoms with E-state index in [-0.39, 0.29) is 11.9 Å². The number of aromatic nitrogens is 3. The molecule has 5 nitrogen and oxygen atoms in total. The van der Waals surface area contributed by atoms with E-state index in [0.717, 1.165) is 34.8 Å². The third-order valence-corrected chi connectivity index (χ3v) is 5.47. The molecular weight excluding hydrogens is 380 g/mol. The Morgan fingerprint density at radius 3 is 2.45 bits per heavy atom. The van der Waals surface area contributed by atoms with Crippen molar-refractivity contribution in [1.82, 2.24) is 19.9 Å². The molecule has 2 aromatic carbocycles. The number of rotatable bonds is 7. The first kappa shape index (κ1) is 19.2. The van der Waals surface area contributed by atoms with Gasteiger partial charge in [0.25, 0.3) is 5.91 Å². The number of benzene rings is 2. The fourth-order valence-corrected chi connectivity index (χ4v) is 3.76. The van der Waals surface area contributed by atoms with Gasteiger partial charge in [0.2, 0.25) is 0 Å². The first-order valence-electron chi connectivity index (χ1n) is 9.51. The fourth-order valence-electron chi connectivity index (χ4n) is 3.29. The lowest BCUT2D eigenvalue weighted by Crippen LogP contribution is -2.30. The number of hydrogen-bond acceptors (Lipinski definition) is 4. The van der Waals surface area contributed by atoms with E-state index < -0.39 is 0 Å². The highest BCUT2D eigenvalue weighted by atomic mass is 32.2. The number of carbonyl (C=O) groups excluding carboxylic acids is 1. The van der Waals surface area contributed by atoms with Crippen LogP contribution in [0.25, 0.3) is 16.8 Å². The average Bonchev–Trinajstić information content (AvgIpc) is 3.21. The number of hydrogen-bond donors (Lipinski definition) is 1. The van der Waals surface area contributed by atoms with Crippen LogP contribution in [0.4, 0.5) is 0 Å². The Bertz CT molecular complexity index is 1090. The highest BCUT2D eigenvalue weighted by Crippen LogP contribution is 2.21. The molecule has 1 N–H and O–H groups in total. The Hall–Kier alpha value is -3.12. The molecule has 0 aliphatic rings. The van der Waals surface area contributed by atoms with Crippen LogP contribution in [-0.2, 0) is 0 Å². The maximum atomic E-state index is 12.9. The third kappa shape index (κ3) is 4.32. The molecule has 1 atom stereocenters. The van der Waals surface area contributed by atoms with Crippen molar-refractivity contribution >= 4 is 23.3 Å². The molecule has 0 fully saturated rings. The maximum absolute atomic E-state index is 12.9. The van der Waals surface area contributed by atoms with Crippen molar-refractivity contribution in [3.63, 3.8) is 0 Å². The zero-order valence-corrected chi connectivity index (χ0v) is 17.0. The Balaban J connectivity index is 1.55. The normalized spacial score (nSPS) is 12.0. The van der Waals surface area contributed by atoms with Crippen LogP contribution in [0, 0.1) is 0 Å². The molecule has 0 radical (unpaired) electrons. The first-order valence-corrected chi connectivity index (χ1v) is 10.9. The van der Waals surface area contributed by atoms with Crippen LogP contribution in [0.2, 0.25) is 0 Å². The summed E-state index contributed by atoms with van der Waals surface area (Å²) in [4.78, 5) is 12.9. The van der Waals surface area contributed by atoms with Crippen LogP contribution >= 0.6 is 11.8 Å². The summed E-state index contributed by atoms with van der Waals surface area (Å²) in [5.41, 5.74) is 3.63. The molecule has 2 aromatic heterocycles. The summed E-state index contributed by atoms with van der Waals surface area (Å²) in [5.74, 6) is 1.56. The van der Waals surface area contributed by atoms with E-state index in [2.05, 4.69) is 33.9 Å². The fraction of sp³-hybridized carbons (Fsp3) is 0.174. The molecule has 0 saturated heterocycles. The maximum Gasteiger partial charge on any atom is 0.251 e. The number of fused-ring (bicyclic) bond motifs is 1. The van der Waals surface area contributed by atoms with Crippen molar-refractivity contribution in [2.45, 2.75) is 12.5 Å². The van der Waals surface area contributed by atoms with Crippen LogP contribution in [0.3, 0.4) is 0 Å². The molecule has 6 heteroatoms. The summed E-state index contributed by atoms with van der Waals surface area (Å²) in [5, 5.41) is 11.7. The van der Waals surface area contributed by atoms with Crippen LogP contribution in [0.15, 0.2) is 79.0 Å². The lowest BCUT2D eigenvalue weighted by molar-refractivity contribution is 0.0934. The van der Waals surface area contributed by atoms with Gasteiger partial charge in [-0.15, -0.1) is 10.2 Å². The van der Waals surface area contributed by atoms with E-state index in [1.807, 2.05) is 71.3 Å². The van der Waals surface area contributed by atoms with Gasteiger partial charge in [0.05, 0.1) is 6.04 Å². The lowest BCUT2D eigenvalue weighted by atomic mass is 10.0. The predicted octanol–water partition coefficient (Wildman–Crippen LogP) is 4.62. The van der Waals surface area contributed by atoms with Gasteiger partial charge in [0, 0.05) is 11.8 Å². The Kier molecular flexibility index (Phi) is 5.91. The summed E-state index contributed by atoms with van der Waals surface area (Å²) in [7, 11) is 0. The number of nitrogens with zero attached hydrogens (tertiary/aromatic N) is 3. The number of nitrogens with one attached hydrogen (secondary N) is 1. The summed E-state index contributed by atoms with van der Waals surface area (Å²) in [6.45, 7) is 0. The Morgan fingerprint density at radius 2 is 1.69 bits per heavy atom. The molecule has 0 unspecified atom stereocenters. The van der Waals surface area contributed by atoms with Gasteiger partial charge in [-0.1, -0.05) is 48.5 Å². The average molecular weight is 403 g/mol. The van der Waals surface area contributed by atoms with Crippen molar-refractivity contribution < 1.29 is 4.79 Å². The molecule has 4 rings (SSSR count). The SMILES string of the molecule is CSCC[C@@H](NC(=O)c1ccc(-c2ccccc2)cc1)c1nnc2ccccn12. The second-order valence-electron chi connectivity index (χ2n) is 6.74. The standard InChI is InChI=1S/C23H22N4OS/c1-29-16-14-20(22-26-25-21-9-5-6-15-27(21)22)24-23(28)19-12-10-18(11-13-19)17-7-3-2-4-8-17/h2-13,15,20H,14,16H2,1H3,(H,24,28)/t20-/m1/s1. The molecular formula is C23H22N4OS. The predicted molar refractivity (Wildman–Crippen MR) is 118 cm³/mol. The zero-order chi connectivity index (χ0) is 20.1.